The van der Waals surface area contributed by atoms with Crippen molar-refractivity contribution >= 4 is 39.2 Å². The maximum absolute atomic E-state index is 12.6. The van der Waals surface area contributed by atoms with Gasteiger partial charge >= 0.3 is 0 Å². The molecule has 4 aromatic rings. The first-order chi connectivity index (χ1) is 15.9. The van der Waals surface area contributed by atoms with Crippen molar-refractivity contribution in [2.24, 2.45) is 0 Å². The lowest BCUT2D eigenvalue weighted by Gasteiger charge is -2.09. The number of ketones is 1. The Morgan fingerprint density at radius 3 is 1.91 bits per heavy atom. The summed E-state index contributed by atoms with van der Waals surface area (Å²) < 4.78 is 27.8. The molecule has 4 nitrogen and oxygen atoms in total. The van der Waals surface area contributed by atoms with Gasteiger partial charge in [-0.1, -0.05) is 84.4 Å². The molecule has 1 N–H and O–H groups in total. The second-order valence-electron chi connectivity index (χ2n) is 7.32. The number of carbonyl (C=O) groups excluding carboxylic acids is 1. The first kappa shape index (κ1) is 22.5. The number of benzene rings is 4. The van der Waals surface area contributed by atoms with Gasteiger partial charge in [0.05, 0.1) is 4.90 Å². The number of rotatable bonds is 7. The number of hydrogen-bond donors (Lipinski definition) is 1. The molecule has 0 atom stereocenters. The third kappa shape index (κ3) is 5.77. The molecule has 0 aliphatic carbocycles. The summed E-state index contributed by atoms with van der Waals surface area (Å²) in [7, 11) is -3.70. The number of sulfonamides is 1. The third-order valence-corrected chi connectivity index (χ3v) is 6.64. The van der Waals surface area contributed by atoms with Crippen LogP contribution in [-0.4, -0.2) is 14.2 Å². The molecule has 0 radical (unpaired) electrons. The van der Waals surface area contributed by atoms with Crippen molar-refractivity contribution < 1.29 is 13.2 Å². The predicted octanol–water partition coefficient (Wildman–Crippen LogP) is 6.70. The maximum atomic E-state index is 12.6. The van der Waals surface area contributed by atoms with Gasteiger partial charge in [-0.05, 0) is 59.2 Å². The van der Waals surface area contributed by atoms with E-state index in [9.17, 15) is 13.2 Å². The Morgan fingerprint density at radius 1 is 0.727 bits per heavy atom. The predicted molar refractivity (Wildman–Crippen MR) is 134 cm³/mol. The van der Waals surface area contributed by atoms with E-state index in [0.29, 0.717) is 16.3 Å². The molecular formula is C27H20ClNO3S. The van der Waals surface area contributed by atoms with Crippen molar-refractivity contribution in [2.45, 2.75) is 4.90 Å². The molecule has 0 aromatic heterocycles. The summed E-state index contributed by atoms with van der Waals surface area (Å²) >= 11 is 5.85. The molecule has 0 unspecified atom stereocenters. The molecule has 0 fully saturated rings. The smallest absolute Gasteiger partial charge is 0.261 e. The monoisotopic (exact) mass is 473 g/mol. The Kier molecular flexibility index (Phi) is 6.73. The molecule has 0 bridgehead atoms. The van der Waals surface area contributed by atoms with Crippen LogP contribution < -0.4 is 4.72 Å². The van der Waals surface area contributed by atoms with Crippen molar-refractivity contribution in [1.82, 2.24) is 0 Å². The SMILES string of the molecule is O=C(/C=C/c1ccc(-c2ccc(S(=O)(=O)Nc3ccc(Cl)cc3)cc2)cc1)c1ccccc1. The average molecular weight is 474 g/mol. The van der Waals surface area contributed by atoms with Crippen LogP contribution in [-0.2, 0) is 10.0 Å². The quantitative estimate of drug-likeness (QED) is 0.240. The zero-order chi connectivity index (χ0) is 23.3. The van der Waals surface area contributed by atoms with Gasteiger partial charge in [0.25, 0.3) is 10.0 Å². The van der Waals surface area contributed by atoms with Crippen LogP contribution in [0.25, 0.3) is 17.2 Å². The zero-order valence-corrected chi connectivity index (χ0v) is 19.1. The van der Waals surface area contributed by atoms with Crippen molar-refractivity contribution in [1.29, 1.82) is 0 Å². The molecule has 4 aromatic carbocycles. The fourth-order valence-electron chi connectivity index (χ4n) is 3.22. The minimum absolute atomic E-state index is 0.0521. The molecule has 0 saturated carbocycles. The van der Waals surface area contributed by atoms with Crippen LogP contribution >= 0.6 is 11.6 Å². The van der Waals surface area contributed by atoms with Crippen LogP contribution in [0.1, 0.15) is 15.9 Å². The Labute approximate surface area is 198 Å². The van der Waals surface area contributed by atoms with Gasteiger partial charge in [-0.25, -0.2) is 8.42 Å². The first-order valence-corrected chi connectivity index (χ1v) is 12.0. The van der Waals surface area contributed by atoms with E-state index in [4.69, 9.17) is 11.6 Å². The van der Waals surface area contributed by atoms with E-state index in [1.54, 1.807) is 72.8 Å². The minimum atomic E-state index is -3.70. The fourth-order valence-corrected chi connectivity index (χ4v) is 4.40. The largest absolute Gasteiger partial charge is 0.289 e. The summed E-state index contributed by atoms with van der Waals surface area (Å²) in [6.45, 7) is 0. The molecule has 0 aliphatic heterocycles. The number of nitrogens with one attached hydrogen (secondary N) is 1. The molecule has 33 heavy (non-hydrogen) atoms. The number of halogens is 1. The molecule has 6 heteroatoms. The molecule has 4 rings (SSSR count). The van der Waals surface area contributed by atoms with Gasteiger partial charge in [0, 0.05) is 16.3 Å². The number of carbonyl (C=O) groups is 1. The topological polar surface area (TPSA) is 63.2 Å². The molecule has 0 aliphatic rings. The fraction of sp³-hybridized carbons (Fsp3) is 0. The Morgan fingerprint density at radius 2 is 1.30 bits per heavy atom. The number of hydrogen-bond acceptors (Lipinski definition) is 3. The van der Waals surface area contributed by atoms with E-state index >= 15 is 0 Å². The molecule has 164 valence electrons. The van der Waals surface area contributed by atoms with Crippen molar-refractivity contribution in [2.75, 3.05) is 4.72 Å². The van der Waals surface area contributed by atoms with E-state index in [1.165, 1.54) is 0 Å². The highest BCUT2D eigenvalue weighted by atomic mass is 35.5. The Balaban J connectivity index is 1.45. The summed E-state index contributed by atoms with van der Waals surface area (Å²) in [5.41, 5.74) is 3.81. The summed E-state index contributed by atoms with van der Waals surface area (Å²) in [5.74, 6) is -0.0521. The van der Waals surface area contributed by atoms with E-state index in [1.807, 2.05) is 42.5 Å². The first-order valence-electron chi connectivity index (χ1n) is 10.2. The van der Waals surface area contributed by atoms with E-state index in [-0.39, 0.29) is 10.7 Å². The normalized spacial score (nSPS) is 11.4. The van der Waals surface area contributed by atoms with E-state index in [0.717, 1.165) is 16.7 Å². The molecule has 0 amide bonds. The van der Waals surface area contributed by atoms with Gasteiger partial charge in [0.2, 0.25) is 0 Å². The van der Waals surface area contributed by atoms with Crippen LogP contribution in [0, 0.1) is 0 Å². The summed E-state index contributed by atoms with van der Waals surface area (Å²) in [6.07, 6.45) is 3.33. The second kappa shape index (κ2) is 9.86. The van der Waals surface area contributed by atoms with Crippen molar-refractivity contribution in [3.8, 4) is 11.1 Å². The highest BCUT2D eigenvalue weighted by Gasteiger charge is 2.14. The van der Waals surface area contributed by atoms with Crippen LogP contribution in [0.15, 0.2) is 114 Å². The molecular weight excluding hydrogens is 454 g/mol. The molecule has 0 spiro atoms. The van der Waals surface area contributed by atoms with Gasteiger partial charge in [-0.15, -0.1) is 0 Å². The number of anilines is 1. The van der Waals surface area contributed by atoms with Crippen LogP contribution in [0.5, 0.6) is 0 Å². The van der Waals surface area contributed by atoms with Crippen molar-refractivity contribution in [3.05, 3.63) is 125 Å². The molecule has 0 saturated heterocycles. The Hall–Kier alpha value is -3.67. The zero-order valence-electron chi connectivity index (χ0n) is 17.5. The van der Waals surface area contributed by atoms with E-state index < -0.39 is 10.0 Å². The highest BCUT2D eigenvalue weighted by Crippen LogP contribution is 2.24. The van der Waals surface area contributed by atoms with Crippen LogP contribution in [0.2, 0.25) is 5.02 Å². The van der Waals surface area contributed by atoms with Crippen LogP contribution in [0.3, 0.4) is 0 Å². The summed E-state index contributed by atoms with van der Waals surface area (Å²) in [5, 5.41) is 0.534. The van der Waals surface area contributed by atoms with E-state index in [2.05, 4.69) is 4.72 Å². The lowest BCUT2D eigenvalue weighted by molar-refractivity contribution is 0.104. The van der Waals surface area contributed by atoms with Gasteiger partial charge in [-0.2, -0.15) is 0 Å². The summed E-state index contributed by atoms with van der Waals surface area (Å²) in [6, 6.07) is 29.9. The second-order valence-corrected chi connectivity index (χ2v) is 9.44. The van der Waals surface area contributed by atoms with Gasteiger partial charge in [0.15, 0.2) is 5.78 Å². The van der Waals surface area contributed by atoms with Gasteiger partial charge < -0.3 is 0 Å². The Bertz CT molecular complexity index is 1380. The number of allylic oxidation sites excluding steroid dienone is 1. The summed E-state index contributed by atoms with van der Waals surface area (Å²) in [4.78, 5) is 12.4. The van der Waals surface area contributed by atoms with Crippen LogP contribution in [0.4, 0.5) is 5.69 Å². The standard InChI is InChI=1S/C27H20ClNO3S/c28-24-13-15-25(16-14-24)29-33(31,32)26-17-11-22(12-18-26)21-9-6-20(7-10-21)8-19-27(30)23-4-2-1-3-5-23/h1-19,29H/b19-8+. The molecule has 0 heterocycles. The minimum Gasteiger partial charge on any atom is -0.289 e. The highest BCUT2D eigenvalue weighted by molar-refractivity contribution is 7.92. The lowest BCUT2D eigenvalue weighted by Crippen LogP contribution is -2.12. The third-order valence-electron chi connectivity index (χ3n) is 4.99. The lowest BCUT2D eigenvalue weighted by atomic mass is 10.0. The average Bonchev–Trinajstić information content (AvgIpc) is 2.85. The van der Waals surface area contributed by atoms with Crippen molar-refractivity contribution in [3.63, 3.8) is 0 Å². The van der Waals surface area contributed by atoms with Gasteiger partial charge in [-0.3, -0.25) is 9.52 Å². The van der Waals surface area contributed by atoms with Gasteiger partial charge in [0.1, 0.15) is 0 Å². The maximum Gasteiger partial charge on any atom is 0.261 e.